The molecule has 1 unspecified atom stereocenters. The van der Waals surface area contributed by atoms with E-state index in [0.29, 0.717) is 17.1 Å². The Morgan fingerprint density at radius 3 is 2.84 bits per heavy atom. The first-order valence-electron chi connectivity index (χ1n) is 5.58. The molecule has 2 rings (SSSR count). The molecular formula is C13H12ClFN2O2. The van der Waals surface area contributed by atoms with Crippen LogP contribution in [0.15, 0.2) is 30.6 Å². The summed E-state index contributed by atoms with van der Waals surface area (Å²) < 4.78 is 17.9. The summed E-state index contributed by atoms with van der Waals surface area (Å²) in [5.74, 6) is -0.0212. The lowest BCUT2D eigenvalue weighted by atomic mass is 10.0. The summed E-state index contributed by atoms with van der Waals surface area (Å²) in [5.41, 5.74) is 1.07. The maximum absolute atomic E-state index is 12.9. The molecule has 0 spiro atoms. The summed E-state index contributed by atoms with van der Waals surface area (Å²) >= 11 is 5.89. The number of methoxy groups -OCH3 is 1. The maximum atomic E-state index is 12.9. The van der Waals surface area contributed by atoms with Crippen LogP contribution in [-0.4, -0.2) is 22.2 Å². The van der Waals surface area contributed by atoms with Gasteiger partial charge in [0.1, 0.15) is 12.1 Å². The highest BCUT2D eigenvalue weighted by molar-refractivity contribution is 6.31. The molecule has 1 atom stereocenters. The number of nitrogens with zero attached hydrogens (tertiary/aromatic N) is 2. The van der Waals surface area contributed by atoms with E-state index in [-0.39, 0.29) is 11.4 Å². The van der Waals surface area contributed by atoms with Crippen molar-refractivity contribution in [3.8, 4) is 5.88 Å². The van der Waals surface area contributed by atoms with Crippen LogP contribution < -0.4 is 4.74 Å². The summed E-state index contributed by atoms with van der Waals surface area (Å²) in [4.78, 5) is 7.91. The Bertz CT molecular complexity index is 580. The van der Waals surface area contributed by atoms with Crippen molar-refractivity contribution in [2.45, 2.75) is 12.5 Å². The monoisotopic (exact) mass is 282 g/mol. The van der Waals surface area contributed by atoms with Gasteiger partial charge in [0.15, 0.2) is 0 Å². The van der Waals surface area contributed by atoms with Gasteiger partial charge in [0.25, 0.3) is 0 Å². The van der Waals surface area contributed by atoms with Gasteiger partial charge in [-0.15, -0.1) is 0 Å². The number of benzene rings is 1. The molecule has 1 aromatic carbocycles. The summed E-state index contributed by atoms with van der Waals surface area (Å²) in [6.45, 7) is 0. The third kappa shape index (κ3) is 3.39. The van der Waals surface area contributed by atoms with Crippen molar-refractivity contribution < 1.29 is 14.2 Å². The van der Waals surface area contributed by atoms with Crippen molar-refractivity contribution in [3.63, 3.8) is 0 Å². The molecule has 1 heterocycles. The zero-order valence-electron chi connectivity index (χ0n) is 10.2. The molecule has 100 valence electrons. The van der Waals surface area contributed by atoms with Gasteiger partial charge in [0, 0.05) is 17.5 Å². The van der Waals surface area contributed by atoms with Crippen LogP contribution in [0.3, 0.4) is 0 Å². The smallest absolute Gasteiger partial charge is 0.216 e. The van der Waals surface area contributed by atoms with E-state index in [1.54, 1.807) is 6.07 Å². The largest absolute Gasteiger partial charge is 0.481 e. The van der Waals surface area contributed by atoms with Crippen molar-refractivity contribution in [3.05, 3.63) is 52.7 Å². The molecule has 0 radical (unpaired) electrons. The normalized spacial score (nSPS) is 12.2. The van der Waals surface area contributed by atoms with Gasteiger partial charge in [-0.25, -0.2) is 14.4 Å². The minimum absolute atomic E-state index is 0.188. The third-order valence-electron chi connectivity index (χ3n) is 2.63. The van der Waals surface area contributed by atoms with E-state index < -0.39 is 11.9 Å². The van der Waals surface area contributed by atoms with Gasteiger partial charge < -0.3 is 9.84 Å². The van der Waals surface area contributed by atoms with E-state index in [1.807, 2.05) is 0 Å². The van der Waals surface area contributed by atoms with E-state index >= 15 is 0 Å². The van der Waals surface area contributed by atoms with Gasteiger partial charge in [0.05, 0.1) is 18.9 Å². The molecule has 6 heteroatoms. The van der Waals surface area contributed by atoms with Crippen LogP contribution in [0.4, 0.5) is 4.39 Å². The predicted molar refractivity (Wildman–Crippen MR) is 68.7 cm³/mol. The van der Waals surface area contributed by atoms with Crippen molar-refractivity contribution in [2.75, 3.05) is 7.11 Å². The molecule has 4 nitrogen and oxygen atoms in total. The van der Waals surface area contributed by atoms with Gasteiger partial charge in [-0.3, -0.25) is 0 Å². The number of ether oxygens (including phenoxy) is 1. The Hall–Kier alpha value is -1.72. The fourth-order valence-corrected chi connectivity index (χ4v) is 1.97. The molecule has 1 aromatic heterocycles. The molecular weight excluding hydrogens is 271 g/mol. The molecule has 0 aliphatic carbocycles. The van der Waals surface area contributed by atoms with Crippen molar-refractivity contribution >= 4 is 11.6 Å². The summed E-state index contributed by atoms with van der Waals surface area (Å²) in [7, 11) is 1.50. The van der Waals surface area contributed by atoms with Crippen molar-refractivity contribution in [1.29, 1.82) is 0 Å². The van der Waals surface area contributed by atoms with Gasteiger partial charge in [-0.05, 0) is 17.7 Å². The molecule has 2 aromatic rings. The van der Waals surface area contributed by atoms with Crippen LogP contribution >= 0.6 is 11.6 Å². The summed E-state index contributed by atoms with van der Waals surface area (Å²) in [6.07, 6.45) is 0.727. The SMILES string of the molecule is COc1cc(CC(O)c2ccc(F)cc2Cl)ncn1. The number of halogens is 2. The van der Waals surface area contributed by atoms with Crippen LogP contribution in [0.2, 0.25) is 5.02 Å². The maximum Gasteiger partial charge on any atom is 0.216 e. The minimum atomic E-state index is -0.868. The number of hydrogen-bond donors (Lipinski definition) is 1. The van der Waals surface area contributed by atoms with Crippen LogP contribution in [0.25, 0.3) is 0 Å². The standard InChI is InChI=1S/C13H12ClFN2O2/c1-19-13-6-9(16-7-17-13)5-12(18)10-3-2-8(15)4-11(10)14/h2-4,6-7,12,18H,5H2,1H3. The molecule has 0 aliphatic heterocycles. The second kappa shape index (κ2) is 5.95. The molecule has 0 fully saturated rings. The van der Waals surface area contributed by atoms with Crippen LogP contribution in [0.5, 0.6) is 5.88 Å². The number of rotatable bonds is 4. The summed E-state index contributed by atoms with van der Waals surface area (Å²) in [6, 6.07) is 5.51. The highest BCUT2D eigenvalue weighted by Gasteiger charge is 2.14. The summed E-state index contributed by atoms with van der Waals surface area (Å²) in [5, 5.41) is 10.3. The Morgan fingerprint density at radius 1 is 1.37 bits per heavy atom. The Morgan fingerprint density at radius 2 is 2.16 bits per heavy atom. The number of aromatic nitrogens is 2. The molecule has 0 amide bonds. The van der Waals surface area contributed by atoms with Gasteiger partial charge in [-0.2, -0.15) is 0 Å². The van der Waals surface area contributed by atoms with Crippen LogP contribution in [-0.2, 0) is 6.42 Å². The zero-order chi connectivity index (χ0) is 13.8. The van der Waals surface area contributed by atoms with E-state index in [9.17, 15) is 9.50 Å². The topological polar surface area (TPSA) is 55.2 Å². The number of aliphatic hydroxyl groups excluding tert-OH is 1. The Labute approximate surface area is 114 Å². The first-order chi connectivity index (χ1) is 9.10. The van der Waals surface area contributed by atoms with Gasteiger partial charge >= 0.3 is 0 Å². The fourth-order valence-electron chi connectivity index (χ4n) is 1.68. The minimum Gasteiger partial charge on any atom is -0.481 e. The molecule has 1 N–H and O–H groups in total. The molecule has 0 aliphatic rings. The van der Waals surface area contributed by atoms with Crippen molar-refractivity contribution in [2.24, 2.45) is 0 Å². The quantitative estimate of drug-likeness (QED) is 0.936. The van der Waals surface area contributed by atoms with E-state index in [1.165, 1.54) is 31.6 Å². The zero-order valence-corrected chi connectivity index (χ0v) is 10.9. The first kappa shape index (κ1) is 13.7. The predicted octanol–water partition coefficient (Wildman–Crippen LogP) is 2.55. The number of aliphatic hydroxyl groups is 1. The average Bonchev–Trinajstić information content (AvgIpc) is 2.38. The highest BCUT2D eigenvalue weighted by Crippen LogP contribution is 2.26. The second-order valence-corrected chi connectivity index (χ2v) is 4.34. The van der Waals surface area contributed by atoms with E-state index in [0.717, 1.165) is 0 Å². The molecule has 0 saturated carbocycles. The fraction of sp³-hybridized carbons (Fsp3) is 0.231. The number of hydrogen-bond acceptors (Lipinski definition) is 4. The molecule has 0 saturated heterocycles. The first-order valence-corrected chi connectivity index (χ1v) is 5.96. The lowest BCUT2D eigenvalue weighted by Gasteiger charge is -2.12. The second-order valence-electron chi connectivity index (χ2n) is 3.94. The van der Waals surface area contributed by atoms with Crippen LogP contribution in [0.1, 0.15) is 17.4 Å². The molecule has 0 bridgehead atoms. The van der Waals surface area contributed by atoms with Gasteiger partial charge in [0.2, 0.25) is 5.88 Å². The van der Waals surface area contributed by atoms with Gasteiger partial charge in [-0.1, -0.05) is 17.7 Å². The third-order valence-corrected chi connectivity index (χ3v) is 2.96. The lowest BCUT2D eigenvalue weighted by Crippen LogP contribution is -2.05. The Balaban J connectivity index is 2.17. The highest BCUT2D eigenvalue weighted by atomic mass is 35.5. The lowest BCUT2D eigenvalue weighted by molar-refractivity contribution is 0.177. The Kier molecular flexibility index (Phi) is 4.29. The van der Waals surface area contributed by atoms with E-state index in [4.69, 9.17) is 16.3 Å². The molecule has 19 heavy (non-hydrogen) atoms. The van der Waals surface area contributed by atoms with Crippen molar-refractivity contribution in [1.82, 2.24) is 9.97 Å². The van der Waals surface area contributed by atoms with Crippen LogP contribution in [0, 0.1) is 5.82 Å². The van der Waals surface area contributed by atoms with E-state index in [2.05, 4.69) is 9.97 Å². The average molecular weight is 283 g/mol.